The summed E-state index contributed by atoms with van der Waals surface area (Å²) in [6.45, 7) is 6.93. The van der Waals surface area contributed by atoms with Crippen LogP contribution in [0.5, 0.6) is 0 Å². The van der Waals surface area contributed by atoms with Crippen molar-refractivity contribution in [3.8, 4) is 0 Å². The van der Waals surface area contributed by atoms with Crippen LogP contribution < -0.4 is 0 Å². The maximum Gasteiger partial charge on any atom is 0.222 e. The van der Waals surface area contributed by atoms with Crippen molar-refractivity contribution >= 4 is 5.91 Å². The molecule has 0 saturated carbocycles. The van der Waals surface area contributed by atoms with Crippen molar-refractivity contribution in [2.24, 2.45) is 7.05 Å². The highest BCUT2D eigenvalue weighted by Gasteiger charge is 2.24. The first-order valence-electron chi connectivity index (χ1n) is 8.98. The van der Waals surface area contributed by atoms with E-state index in [1.165, 1.54) is 5.56 Å². The molecule has 0 radical (unpaired) electrons. The van der Waals surface area contributed by atoms with Crippen LogP contribution in [0.2, 0.25) is 0 Å². The van der Waals surface area contributed by atoms with Crippen molar-refractivity contribution in [3.63, 3.8) is 0 Å². The zero-order valence-corrected chi connectivity index (χ0v) is 14.6. The van der Waals surface area contributed by atoms with Gasteiger partial charge in [0, 0.05) is 64.5 Å². The van der Waals surface area contributed by atoms with Gasteiger partial charge in [-0.2, -0.15) is 5.10 Å². The first kappa shape index (κ1) is 17.4. The number of β-amino-alcohol motifs (C(OH)–C–C–N with tert-alkyl or cyclic N) is 1. The van der Waals surface area contributed by atoms with Gasteiger partial charge in [-0.25, -0.2) is 0 Å². The summed E-state index contributed by atoms with van der Waals surface area (Å²) in [6.07, 6.45) is 6.23. The topological polar surface area (TPSA) is 64.8 Å². The number of hydrogen-bond acceptors (Lipinski definition) is 5. The van der Waals surface area contributed by atoms with Crippen LogP contribution in [0, 0.1) is 0 Å². The Balaban J connectivity index is 1.42. The fraction of sp³-hybridized carbons (Fsp3) is 0.765. The third-order valence-electron chi connectivity index (χ3n) is 4.92. The smallest absolute Gasteiger partial charge is 0.222 e. The average molecular weight is 335 g/mol. The van der Waals surface area contributed by atoms with Crippen molar-refractivity contribution in [1.82, 2.24) is 24.5 Å². The standard InChI is InChI=1S/C17H29N5O2/c1-19-11-15(10-18-19)12-20-5-3-6-21(9-8-20)13-16(23)14-22-7-2-4-17(22)24/h10-11,16,23H,2-9,12-14H2,1H3. The van der Waals surface area contributed by atoms with Crippen molar-refractivity contribution < 1.29 is 9.90 Å². The predicted octanol–water partition coefficient (Wildman–Crippen LogP) is -0.0889. The molecule has 1 atom stereocenters. The minimum absolute atomic E-state index is 0.188. The lowest BCUT2D eigenvalue weighted by Gasteiger charge is -2.26. The van der Waals surface area contributed by atoms with Crippen LogP contribution in [0.25, 0.3) is 0 Å². The Morgan fingerprint density at radius 1 is 1.12 bits per heavy atom. The molecule has 3 heterocycles. The van der Waals surface area contributed by atoms with E-state index in [0.29, 0.717) is 19.5 Å². The van der Waals surface area contributed by atoms with E-state index >= 15 is 0 Å². The lowest BCUT2D eigenvalue weighted by molar-refractivity contribution is -0.129. The Kier molecular flexibility index (Phi) is 5.86. The third-order valence-corrected chi connectivity index (χ3v) is 4.92. The van der Waals surface area contributed by atoms with Gasteiger partial charge in [0.05, 0.1) is 12.3 Å². The van der Waals surface area contributed by atoms with Crippen LogP contribution in [0.15, 0.2) is 12.4 Å². The Hall–Kier alpha value is -1.44. The number of aryl methyl sites for hydroxylation is 1. The van der Waals surface area contributed by atoms with Gasteiger partial charge in [-0.1, -0.05) is 0 Å². The minimum Gasteiger partial charge on any atom is -0.390 e. The van der Waals surface area contributed by atoms with Gasteiger partial charge in [0.1, 0.15) is 0 Å². The molecule has 1 aromatic heterocycles. The van der Waals surface area contributed by atoms with E-state index < -0.39 is 6.10 Å². The number of rotatable bonds is 6. The predicted molar refractivity (Wildman–Crippen MR) is 91.4 cm³/mol. The Morgan fingerprint density at radius 2 is 1.92 bits per heavy atom. The molecule has 0 aliphatic carbocycles. The molecule has 7 nitrogen and oxygen atoms in total. The number of amides is 1. The molecule has 2 saturated heterocycles. The second-order valence-corrected chi connectivity index (χ2v) is 7.05. The quantitative estimate of drug-likeness (QED) is 0.787. The first-order valence-corrected chi connectivity index (χ1v) is 8.98. The number of aromatic nitrogens is 2. The second kappa shape index (κ2) is 8.09. The van der Waals surface area contributed by atoms with Crippen LogP contribution >= 0.6 is 0 Å². The molecule has 2 aliphatic heterocycles. The number of nitrogens with zero attached hydrogens (tertiary/aromatic N) is 5. The summed E-state index contributed by atoms with van der Waals surface area (Å²) in [6, 6.07) is 0. The minimum atomic E-state index is -0.447. The van der Waals surface area contributed by atoms with Gasteiger partial charge in [0.15, 0.2) is 0 Å². The van der Waals surface area contributed by atoms with Crippen LogP contribution in [-0.2, 0) is 18.4 Å². The fourth-order valence-electron chi connectivity index (χ4n) is 3.68. The molecule has 0 aromatic carbocycles. The molecule has 0 bridgehead atoms. The normalized spacial score (nSPS) is 22.1. The second-order valence-electron chi connectivity index (χ2n) is 7.05. The van der Waals surface area contributed by atoms with E-state index in [0.717, 1.165) is 52.1 Å². The zero-order valence-electron chi connectivity index (χ0n) is 14.6. The molecule has 24 heavy (non-hydrogen) atoms. The number of hydrogen-bond donors (Lipinski definition) is 1. The van der Waals surface area contributed by atoms with Gasteiger partial charge in [0.25, 0.3) is 0 Å². The average Bonchev–Trinajstić information content (AvgIpc) is 3.05. The van der Waals surface area contributed by atoms with Gasteiger partial charge in [-0.3, -0.25) is 19.3 Å². The molecule has 0 spiro atoms. The zero-order chi connectivity index (χ0) is 16.9. The maximum absolute atomic E-state index is 11.7. The summed E-state index contributed by atoms with van der Waals surface area (Å²) in [7, 11) is 1.94. The Labute approximate surface area is 143 Å². The Morgan fingerprint density at radius 3 is 2.62 bits per heavy atom. The van der Waals surface area contributed by atoms with Crippen molar-refractivity contribution in [2.75, 3.05) is 45.8 Å². The highest BCUT2D eigenvalue weighted by Crippen LogP contribution is 2.12. The molecule has 1 aromatic rings. The molecular formula is C17H29N5O2. The summed E-state index contributed by atoms with van der Waals surface area (Å²) in [5, 5.41) is 14.5. The van der Waals surface area contributed by atoms with Crippen LogP contribution in [0.4, 0.5) is 0 Å². The molecule has 7 heteroatoms. The van der Waals surface area contributed by atoms with E-state index in [4.69, 9.17) is 0 Å². The molecule has 1 amide bonds. The molecule has 3 rings (SSSR count). The van der Waals surface area contributed by atoms with Crippen molar-refractivity contribution in [2.45, 2.75) is 31.9 Å². The number of carbonyl (C=O) groups is 1. The highest BCUT2D eigenvalue weighted by molar-refractivity contribution is 5.78. The molecule has 2 fully saturated rings. The van der Waals surface area contributed by atoms with Gasteiger partial charge in [0.2, 0.25) is 5.91 Å². The van der Waals surface area contributed by atoms with Crippen LogP contribution in [0.1, 0.15) is 24.8 Å². The van der Waals surface area contributed by atoms with E-state index in [1.54, 1.807) is 4.90 Å². The third kappa shape index (κ3) is 4.78. The molecular weight excluding hydrogens is 306 g/mol. The van der Waals surface area contributed by atoms with Crippen molar-refractivity contribution in [1.29, 1.82) is 0 Å². The fourth-order valence-corrected chi connectivity index (χ4v) is 3.68. The maximum atomic E-state index is 11.7. The first-order chi connectivity index (χ1) is 11.6. The van der Waals surface area contributed by atoms with E-state index in [1.807, 2.05) is 17.9 Å². The highest BCUT2D eigenvalue weighted by atomic mass is 16.3. The molecule has 1 unspecified atom stereocenters. The molecule has 2 aliphatic rings. The number of aliphatic hydroxyl groups excluding tert-OH is 1. The van der Waals surface area contributed by atoms with Crippen molar-refractivity contribution in [3.05, 3.63) is 18.0 Å². The largest absolute Gasteiger partial charge is 0.390 e. The lowest BCUT2D eigenvalue weighted by Crippen LogP contribution is -2.42. The summed E-state index contributed by atoms with van der Waals surface area (Å²) in [4.78, 5) is 18.2. The lowest BCUT2D eigenvalue weighted by atomic mass is 10.3. The molecule has 1 N–H and O–H groups in total. The monoisotopic (exact) mass is 335 g/mol. The SMILES string of the molecule is Cn1cc(CN2CCCN(CC(O)CN3CCCC3=O)CC2)cn1. The van der Waals surface area contributed by atoms with E-state index in [9.17, 15) is 9.90 Å². The van der Waals surface area contributed by atoms with E-state index in [2.05, 4.69) is 21.1 Å². The van der Waals surface area contributed by atoms with E-state index in [-0.39, 0.29) is 5.91 Å². The summed E-state index contributed by atoms with van der Waals surface area (Å²) in [5.41, 5.74) is 1.25. The number of carbonyl (C=O) groups excluding carboxylic acids is 1. The Bertz CT molecular complexity index is 547. The van der Waals surface area contributed by atoms with Crippen LogP contribution in [-0.4, -0.2) is 87.4 Å². The summed E-state index contributed by atoms with van der Waals surface area (Å²) < 4.78 is 1.84. The van der Waals surface area contributed by atoms with Gasteiger partial charge < -0.3 is 10.0 Å². The summed E-state index contributed by atoms with van der Waals surface area (Å²) >= 11 is 0. The van der Waals surface area contributed by atoms with Gasteiger partial charge in [-0.15, -0.1) is 0 Å². The number of likely N-dealkylation sites (tertiary alicyclic amines) is 1. The van der Waals surface area contributed by atoms with Gasteiger partial charge >= 0.3 is 0 Å². The number of aliphatic hydroxyl groups is 1. The van der Waals surface area contributed by atoms with Crippen LogP contribution in [0.3, 0.4) is 0 Å². The van der Waals surface area contributed by atoms with Gasteiger partial charge in [-0.05, 0) is 25.9 Å². The summed E-state index contributed by atoms with van der Waals surface area (Å²) in [5.74, 6) is 0.188. The molecule has 134 valence electrons.